The molecule has 1 amide bonds. The van der Waals surface area contributed by atoms with Crippen LogP contribution < -0.4 is 15.0 Å². The molecule has 0 unspecified atom stereocenters. The van der Waals surface area contributed by atoms with E-state index >= 15 is 0 Å². The van der Waals surface area contributed by atoms with Gasteiger partial charge in [-0.1, -0.05) is 0 Å². The van der Waals surface area contributed by atoms with Gasteiger partial charge >= 0.3 is 0 Å². The second-order valence-corrected chi connectivity index (χ2v) is 7.12. The number of likely N-dealkylation sites (tertiary alicyclic amines) is 1. The molecule has 0 radical (unpaired) electrons. The van der Waals surface area contributed by atoms with Gasteiger partial charge in [-0.3, -0.25) is 9.59 Å². The minimum atomic E-state index is -0.102. The molecular formula is C22H29N2O4+. The second-order valence-electron chi connectivity index (χ2n) is 7.12. The van der Waals surface area contributed by atoms with Crippen LogP contribution in [-0.4, -0.2) is 37.9 Å². The first-order valence-electron chi connectivity index (χ1n) is 10.1. The molecule has 3 rings (SSSR count). The summed E-state index contributed by atoms with van der Waals surface area (Å²) >= 11 is 0. The van der Waals surface area contributed by atoms with E-state index in [4.69, 9.17) is 9.15 Å². The molecule has 0 saturated carbocycles. The van der Waals surface area contributed by atoms with Crippen LogP contribution in [0.1, 0.15) is 54.8 Å². The van der Waals surface area contributed by atoms with E-state index in [1.165, 1.54) is 17.7 Å². The van der Waals surface area contributed by atoms with Crippen molar-refractivity contribution >= 4 is 11.7 Å². The molecule has 1 aliphatic rings. The SMILES string of the molecule is CCOc1ccc(C(=O)CCC(=O)NC[C@H](c2ccco2)[NH+]2CCCC2)cc1. The lowest BCUT2D eigenvalue weighted by Crippen LogP contribution is -3.11. The van der Waals surface area contributed by atoms with Crippen molar-refractivity contribution in [3.05, 3.63) is 54.0 Å². The van der Waals surface area contributed by atoms with Gasteiger partial charge in [-0.15, -0.1) is 0 Å². The Bertz CT molecular complexity index is 749. The molecule has 0 aliphatic carbocycles. The number of benzene rings is 1. The number of ketones is 1. The van der Waals surface area contributed by atoms with E-state index in [1.54, 1.807) is 30.5 Å². The standard InChI is InChI=1S/C22H28N2O4/c1-2-27-18-9-7-17(8-10-18)20(25)11-12-22(26)23-16-19(21-6-5-15-28-21)24-13-3-4-14-24/h5-10,15,19H,2-4,11-14,16H2,1H3,(H,23,26)/p+1/t19-/m1/s1. The van der Waals surface area contributed by atoms with Crippen LogP contribution in [0.2, 0.25) is 0 Å². The summed E-state index contributed by atoms with van der Waals surface area (Å²) < 4.78 is 11.0. The molecule has 1 aromatic heterocycles. The van der Waals surface area contributed by atoms with E-state index in [0.29, 0.717) is 18.7 Å². The lowest BCUT2D eigenvalue weighted by molar-refractivity contribution is -0.919. The van der Waals surface area contributed by atoms with Crippen LogP contribution in [0, 0.1) is 0 Å². The molecule has 1 aromatic carbocycles. The number of carbonyl (C=O) groups is 2. The highest BCUT2D eigenvalue weighted by molar-refractivity contribution is 5.98. The van der Waals surface area contributed by atoms with Gasteiger partial charge in [0.25, 0.3) is 0 Å². The molecule has 28 heavy (non-hydrogen) atoms. The van der Waals surface area contributed by atoms with E-state index < -0.39 is 0 Å². The monoisotopic (exact) mass is 385 g/mol. The van der Waals surface area contributed by atoms with E-state index in [9.17, 15) is 9.59 Å². The predicted molar refractivity (Wildman–Crippen MR) is 106 cm³/mol. The molecular weight excluding hydrogens is 356 g/mol. The molecule has 2 N–H and O–H groups in total. The van der Waals surface area contributed by atoms with Gasteiger partial charge in [0.1, 0.15) is 5.75 Å². The Balaban J connectivity index is 1.47. The molecule has 6 nitrogen and oxygen atoms in total. The van der Waals surface area contributed by atoms with E-state index in [1.807, 2.05) is 19.1 Å². The van der Waals surface area contributed by atoms with E-state index in [-0.39, 0.29) is 30.6 Å². The van der Waals surface area contributed by atoms with E-state index in [2.05, 4.69) is 5.32 Å². The molecule has 1 saturated heterocycles. The topological polar surface area (TPSA) is 73.0 Å². The normalized spacial score (nSPS) is 15.3. The van der Waals surface area contributed by atoms with Crippen molar-refractivity contribution in [2.24, 2.45) is 0 Å². The number of amides is 1. The Morgan fingerprint density at radius 1 is 1.14 bits per heavy atom. The summed E-state index contributed by atoms with van der Waals surface area (Å²) in [5.74, 6) is 1.51. The van der Waals surface area contributed by atoms with Crippen molar-refractivity contribution in [1.82, 2.24) is 5.32 Å². The van der Waals surface area contributed by atoms with Crippen LogP contribution in [0.25, 0.3) is 0 Å². The quantitative estimate of drug-likeness (QED) is 0.615. The zero-order valence-corrected chi connectivity index (χ0v) is 16.4. The fraction of sp³-hybridized carbons (Fsp3) is 0.455. The van der Waals surface area contributed by atoms with Gasteiger partial charge in [0.05, 0.1) is 32.5 Å². The summed E-state index contributed by atoms with van der Waals surface area (Å²) in [5, 5.41) is 2.99. The average Bonchev–Trinajstić information content (AvgIpc) is 3.42. The van der Waals surface area contributed by atoms with Gasteiger partial charge in [-0.2, -0.15) is 0 Å². The van der Waals surface area contributed by atoms with Crippen molar-refractivity contribution in [3.63, 3.8) is 0 Å². The Morgan fingerprint density at radius 2 is 1.89 bits per heavy atom. The third-order valence-corrected chi connectivity index (χ3v) is 5.19. The minimum absolute atomic E-state index is 0.0362. The fourth-order valence-corrected chi connectivity index (χ4v) is 3.69. The van der Waals surface area contributed by atoms with Gasteiger partial charge in [0.15, 0.2) is 17.6 Å². The lowest BCUT2D eigenvalue weighted by atomic mass is 10.1. The van der Waals surface area contributed by atoms with Crippen molar-refractivity contribution in [2.45, 2.75) is 38.6 Å². The number of ether oxygens (including phenoxy) is 1. The van der Waals surface area contributed by atoms with Crippen molar-refractivity contribution in [3.8, 4) is 5.75 Å². The van der Waals surface area contributed by atoms with Crippen LogP contribution >= 0.6 is 0 Å². The maximum atomic E-state index is 12.3. The molecule has 2 aromatic rings. The largest absolute Gasteiger partial charge is 0.494 e. The number of carbonyl (C=O) groups excluding carboxylic acids is 2. The van der Waals surface area contributed by atoms with Crippen LogP contribution in [0.3, 0.4) is 0 Å². The third-order valence-electron chi connectivity index (χ3n) is 5.19. The Morgan fingerprint density at radius 3 is 2.54 bits per heavy atom. The second kappa shape index (κ2) is 10.1. The molecule has 150 valence electrons. The van der Waals surface area contributed by atoms with Gasteiger partial charge in [0, 0.05) is 31.2 Å². The number of hydrogen-bond acceptors (Lipinski definition) is 4. The van der Waals surface area contributed by atoms with Crippen LogP contribution in [0.4, 0.5) is 0 Å². The molecule has 0 bridgehead atoms. The van der Waals surface area contributed by atoms with Crippen molar-refractivity contribution in [2.75, 3.05) is 26.2 Å². The Labute approximate surface area is 165 Å². The first-order chi connectivity index (χ1) is 13.7. The first-order valence-corrected chi connectivity index (χ1v) is 10.1. The lowest BCUT2D eigenvalue weighted by Gasteiger charge is -2.23. The number of Topliss-reactive ketones (excluding diaryl/α,β-unsaturated/α-hetero) is 1. The number of quaternary nitrogens is 1. The molecule has 0 spiro atoms. The maximum absolute atomic E-state index is 12.3. The third kappa shape index (κ3) is 5.45. The van der Waals surface area contributed by atoms with E-state index in [0.717, 1.165) is 24.6 Å². The van der Waals surface area contributed by atoms with Crippen molar-refractivity contribution in [1.29, 1.82) is 0 Å². The van der Waals surface area contributed by atoms with Gasteiger partial charge in [0.2, 0.25) is 5.91 Å². The highest BCUT2D eigenvalue weighted by Gasteiger charge is 2.29. The molecule has 1 atom stereocenters. The number of hydrogen-bond donors (Lipinski definition) is 2. The molecule has 1 aliphatic heterocycles. The summed E-state index contributed by atoms with van der Waals surface area (Å²) in [4.78, 5) is 26.0. The summed E-state index contributed by atoms with van der Waals surface area (Å²) in [7, 11) is 0. The number of nitrogens with one attached hydrogen (secondary N) is 2. The van der Waals surface area contributed by atoms with Gasteiger partial charge in [-0.05, 0) is 43.3 Å². The summed E-state index contributed by atoms with van der Waals surface area (Å²) in [5.41, 5.74) is 0.603. The zero-order chi connectivity index (χ0) is 19.8. The fourth-order valence-electron chi connectivity index (χ4n) is 3.69. The maximum Gasteiger partial charge on any atom is 0.220 e. The molecule has 6 heteroatoms. The number of rotatable bonds is 10. The number of furan rings is 1. The molecule has 1 fully saturated rings. The summed E-state index contributed by atoms with van der Waals surface area (Å²) in [6.07, 6.45) is 4.47. The van der Waals surface area contributed by atoms with Gasteiger partial charge < -0.3 is 19.4 Å². The first kappa shape index (κ1) is 20.1. The van der Waals surface area contributed by atoms with Gasteiger partial charge in [-0.25, -0.2) is 0 Å². The summed E-state index contributed by atoms with van der Waals surface area (Å²) in [6.45, 7) is 5.22. The highest BCUT2D eigenvalue weighted by Crippen LogP contribution is 2.14. The molecule has 2 heterocycles. The smallest absolute Gasteiger partial charge is 0.220 e. The van der Waals surface area contributed by atoms with Crippen LogP contribution in [0.5, 0.6) is 5.75 Å². The highest BCUT2D eigenvalue weighted by atomic mass is 16.5. The Kier molecular flexibility index (Phi) is 7.25. The predicted octanol–water partition coefficient (Wildman–Crippen LogP) is 2.18. The van der Waals surface area contributed by atoms with Crippen LogP contribution in [-0.2, 0) is 4.79 Å². The van der Waals surface area contributed by atoms with Crippen molar-refractivity contribution < 1.29 is 23.6 Å². The van der Waals surface area contributed by atoms with Crippen LogP contribution in [0.15, 0.2) is 47.1 Å². The Hall–Kier alpha value is -2.60. The zero-order valence-electron chi connectivity index (χ0n) is 16.4. The summed E-state index contributed by atoms with van der Waals surface area (Å²) in [6, 6.07) is 11.0. The average molecular weight is 385 g/mol. The minimum Gasteiger partial charge on any atom is -0.494 e.